The molecule has 4 rings (SSSR count). The van der Waals surface area contributed by atoms with Crippen molar-refractivity contribution in [1.29, 1.82) is 0 Å². The molecule has 0 saturated carbocycles. The maximum atomic E-state index is 12.8. The van der Waals surface area contributed by atoms with E-state index >= 15 is 0 Å². The van der Waals surface area contributed by atoms with Crippen molar-refractivity contribution in [2.24, 2.45) is 0 Å². The smallest absolute Gasteiger partial charge is 0.253 e. The number of benzene rings is 3. The van der Waals surface area contributed by atoms with Crippen LogP contribution in [-0.4, -0.2) is 33.1 Å². The Balaban J connectivity index is 1.63. The second-order valence-electron chi connectivity index (χ2n) is 7.21. The van der Waals surface area contributed by atoms with E-state index in [9.17, 15) is 8.42 Å². The van der Waals surface area contributed by atoms with Gasteiger partial charge >= 0.3 is 0 Å². The summed E-state index contributed by atoms with van der Waals surface area (Å²) in [7, 11) is -3.68. The van der Waals surface area contributed by atoms with Crippen LogP contribution < -0.4 is 9.73 Å². The largest absolute Gasteiger partial charge is 0.361 e. The van der Waals surface area contributed by atoms with Crippen LogP contribution in [0.25, 0.3) is 0 Å². The highest BCUT2D eigenvalue weighted by Crippen LogP contribution is 2.36. The summed E-state index contributed by atoms with van der Waals surface area (Å²) < 4.78 is 25.6. The predicted octanol–water partition coefficient (Wildman–Crippen LogP) is 5.40. The Morgan fingerprint density at radius 3 is 2.19 bits per heavy atom. The number of hydrogen-bond donors (Lipinski definition) is 1. The lowest BCUT2D eigenvalue weighted by atomic mass is 10.0. The van der Waals surface area contributed by atoms with Gasteiger partial charge in [0.25, 0.3) is 10.0 Å². The summed E-state index contributed by atoms with van der Waals surface area (Å²) >= 11 is 18.6. The highest BCUT2D eigenvalue weighted by molar-refractivity contribution is 7.89. The summed E-state index contributed by atoms with van der Waals surface area (Å²) in [6.45, 7) is 1.47. The SMILES string of the molecule is O=S(=O)(NN1CCN(c2ccc(Cl)cc2Cl)C(c2ccc(Cl)cc2)C1)c1ccccc1. The Morgan fingerprint density at radius 2 is 1.52 bits per heavy atom. The first-order chi connectivity index (χ1) is 14.8. The third kappa shape index (κ3) is 5.17. The molecule has 1 N–H and O–H groups in total. The van der Waals surface area contributed by atoms with E-state index in [2.05, 4.69) is 9.73 Å². The molecule has 0 radical (unpaired) electrons. The highest BCUT2D eigenvalue weighted by atomic mass is 35.5. The quantitative estimate of drug-likeness (QED) is 0.514. The highest BCUT2D eigenvalue weighted by Gasteiger charge is 2.32. The van der Waals surface area contributed by atoms with Gasteiger partial charge in [0.2, 0.25) is 0 Å². The minimum atomic E-state index is -3.68. The van der Waals surface area contributed by atoms with Crippen molar-refractivity contribution in [2.45, 2.75) is 10.9 Å². The number of piperazine rings is 1. The minimum absolute atomic E-state index is 0.150. The Morgan fingerprint density at radius 1 is 0.839 bits per heavy atom. The zero-order valence-electron chi connectivity index (χ0n) is 16.4. The van der Waals surface area contributed by atoms with Gasteiger partial charge < -0.3 is 4.90 Å². The summed E-state index contributed by atoms with van der Waals surface area (Å²) in [4.78, 5) is 5.10. The van der Waals surface area contributed by atoms with E-state index in [1.807, 2.05) is 30.3 Å². The van der Waals surface area contributed by atoms with Crippen LogP contribution >= 0.6 is 34.8 Å². The van der Waals surface area contributed by atoms with Gasteiger partial charge in [-0.15, -0.1) is 4.83 Å². The van der Waals surface area contributed by atoms with Gasteiger partial charge in [0.1, 0.15) is 0 Å². The van der Waals surface area contributed by atoms with Gasteiger partial charge in [0.15, 0.2) is 0 Å². The standard InChI is InChI=1S/C22H20Cl3N3O2S/c23-17-8-6-16(7-9-17)22-15-27(26-31(29,30)19-4-2-1-3-5-19)12-13-28(22)21-11-10-18(24)14-20(21)25/h1-11,14,22,26H,12-13,15H2. The van der Waals surface area contributed by atoms with E-state index in [0.717, 1.165) is 11.3 Å². The Kier molecular flexibility index (Phi) is 6.77. The number of nitrogens with one attached hydrogen (secondary N) is 1. The topological polar surface area (TPSA) is 52.7 Å². The van der Waals surface area contributed by atoms with Crippen molar-refractivity contribution in [3.63, 3.8) is 0 Å². The van der Waals surface area contributed by atoms with Crippen molar-refractivity contribution in [3.8, 4) is 0 Å². The average molecular weight is 497 g/mol. The van der Waals surface area contributed by atoms with E-state index in [1.165, 1.54) is 0 Å². The molecule has 1 unspecified atom stereocenters. The number of nitrogens with zero attached hydrogens (tertiary/aromatic N) is 2. The molecule has 162 valence electrons. The lowest BCUT2D eigenvalue weighted by Gasteiger charge is -2.43. The van der Waals surface area contributed by atoms with Crippen LogP contribution in [-0.2, 0) is 10.0 Å². The van der Waals surface area contributed by atoms with Crippen LogP contribution in [0.1, 0.15) is 11.6 Å². The molecule has 1 heterocycles. The lowest BCUT2D eigenvalue weighted by Crippen LogP contribution is -2.54. The number of hydrazine groups is 1. The molecule has 0 spiro atoms. The zero-order chi connectivity index (χ0) is 22.0. The molecule has 1 aliphatic rings. The molecule has 3 aromatic carbocycles. The summed E-state index contributed by atoms with van der Waals surface area (Å²) in [5, 5.41) is 3.47. The molecule has 9 heteroatoms. The Bertz CT molecular complexity index is 1160. The zero-order valence-corrected chi connectivity index (χ0v) is 19.5. The molecule has 0 aliphatic carbocycles. The number of hydrogen-bond acceptors (Lipinski definition) is 4. The third-order valence-electron chi connectivity index (χ3n) is 5.16. The van der Waals surface area contributed by atoms with Crippen LogP contribution in [0, 0.1) is 0 Å². The van der Waals surface area contributed by atoms with Crippen molar-refractivity contribution in [2.75, 3.05) is 24.5 Å². The van der Waals surface area contributed by atoms with Crippen LogP contribution in [0.3, 0.4) is 0 Å². The Hall–Kier alpha value is -1.80. The molecule has 1 atom stereocenters. The van der Waals surface area contributed by atoms with Gasteiger partial charge in [-0.05, 0) is 48.0 Å². The summed E-state index contributed by atoms with van der Waals surface area (Å²) in [6, 6.07) is 21.1. The Labute approximate surface area is 197 Å². The molecule has 0 bridgehead atoms. The van der Waals surface area contributed by atoms with E-state index < -0.39 is 10.0 Å². The second kappa shape index (κ2) is 9.36. The third-order valence-corrected chi connectivity index (χ3v) is 7.34. The fourth-order valence-corrected chi connectivity index (χ4v) is 5.43. The first kappa shape index (κ1) is 22.4. The summed E-state index contributed by atoms with van der Waals surface area (Å²) in [5.74, 6) is 0. The van der Waals surface area contributed by atoms with Gasteiger partial charge in [0, 0.05) is 29.7 Å². The van der Waals surface area contributed by atoms with Crippen molar-refractivity contribution in [1.82, 2.24) is 9.84 Å². The molecule has 0 aromatic heterocycles. The fourth-order valence-electron chi connectivity index (χ4n) is 3.66. The molecule has 0 amide bonds. The van der Waals surface area contributed by atoms with E-state index in [1.54, 1.807) is 47.5 Å². The van der Waals surface area contributed by atoms with E-state index in [-0.39, 0.29) is 10.9 Å². The molecular weight excluding hydrogens is 477 g/mol. The van der Waals surface area contributed by atoms with Crippen molar-refractivity contribution in [3.05, 3.63) is 93.4 Å². The number of anilines is 1. The molecule has 1 aliphatic heterocycles. The average Bonchev–Trinajstić information content (AvgIpc) is 2.75. The number of halogens is 3. The normalized spacial score (nSPS) is 17.6. The van der Waals surface area contributed by atoms with Gasteiger partial charge in [-0.25, -0.2) is 13.4 Å². The second-order valence-corrected chi connectivity index (χ2v) is 10.2. The summed E-state index contributed by atoms with van der Waals surface area (Å²) in [5.41, 5.74) is 1.84. The maximum absolute atomic E-state index is 12.8. The van der Waals surface area contributed by atoms with Crippen molar-refractivity contribution < 1.29 is 8.42 Å². The van der Waals surface area contributed by atoms with Crippen LogP contribution in [0.5, 0.6) is 0 Å². The molecule has 31 heavy (non-hydrogen) atoms. The van der Waals surface area contributed by atoms with Crippen molar-refractivity contribution >= 4 is 50.5 Å². The molecular formula is C22H20Cl3N3O2S. The fraction of sp³-hybridized carbons (Fsp3) is 0.182. The van der Waals surface area contributed by atoms with Gasteiger partial charge in [0.05, 0.1) is 21.6 Å². The van der Waals surface area contributed by atoms with Gasteiger partial charge in [-0.2, -0.15) is 0 Å². The predicted molar refractivity (Wildman–Crippen MR) is 126 cm³/mol. The van der Waals surface area contributed by atoms with Crippen LogP contribution in [0.15, 0.2) is 77.7 Å². The van der Waals surface area contributed by atoms with Gasteiger partial charge in [-0.1, -0.05) is 65.1 Å². The van der Waals surface area contributed by atoms with Crippen LogP contribution in [0.2, 0.25) is 15.1 Å². The van der Waals surface area contributed by atoms with E-state index in [0.29, 0.717) is 34.7 Å². The molecule has 1 fully saturated rings. The van der Waals surface area contributed by atoms with Crippen LogP contribution in [0.4, 0.5) is 5.69 Å². The molecule has 5 nitrogen and oxygen atoms in total. The van der Waals surface area contributed by atoms with Gasteiger partial charge in [-0.3, -0.25) is 0 Å². The van der Waals surface area contributed by atoms with E-state index in [4.69, 9.17) is 34.8 Å². The first-order valence-electron chi connectivity index (χ1n) is 9.63. The minimum Gasteiger partial charge on any atom is -0.361 e. The first-order valence-corrected chi connectivity index (χ1v) is 12.2. The number of sulfonamides is 1. The monoisotopic (exact) mass is 495 g/mol. The summed E-state index contributed by atoms with van der Waals surface area (Å²) in [6.07, 6.45) is 0. The molecule has 1 saturated heterocycles. The molecule has 3 aromatic rings. The lowest BCUT2D eigenvalue weighted by molar-refractivity contribution is 0.195. The maximum Gasteiger partial charge on any atom is 0.253 e. The number of rotatable bonds is 5.